The molecule has 0 heterocycles. The van der Waals surface area contributed by atoms with Gasteiger partial charge in [-0.3, -0.25) is 10.1 Å². The zero-order valence-corrected chi connectivity index (χ0v) is 18.1. The van der Waals surface area contributed by atoms with Crippen LogP contribution in [0.1, 0.15) is 0 Å². The van der Waals surface area contributed by atoms with Crippen molar-refractivity contribution in [2.75, 3.05) is 14.2 Å². The van der Waals surface area contributed by atoms with Gasteiger partial charge in [0.05, 0.1) is 49.6 Å². The van der Waals surface area contributed by atoms with Crippen LogP contribution in [-0.2, 0) is 0 Å². The Kier molecular flexibility index (Phi) is 6.03. The molecule has 28 heavy (non-hydrogen) atoms. The van der Waals surface area contributed by atoms with Crippen LogP contribution in [0.2, 0.25) is 25.1 Å². The van der Waals surface area contributed by atoms with Crippen molar-refractivity contribution in [3.05, 3.63) is 59.5 Å². The summed E-state index contributed by atoms with van der Waals surface area (Å²) in [5.41, 5.74) is 0.317. The normalized spacial score (nSPS) is 11.0. The smallest absolute Gasteiger partial charge is 0.322 e. The van der Waals surface area contributed by atoms with E-state index >= 15 is 0 Å². The lowest BCUT2D eigenvalue weighted by atomic mass is 9.95. The number of nitro groups is 1. The van der Waals surface area contributed by atoms with Gasteiger partial charge in [0.2, 0.25) is 5.75 Å². The highest BCUT2D eigenvalue weighted by molar-refractivity contribution is 6.56. The second kappa shape index (κ2) is 8.01. The van der Waals surface area contributed by atoms with Gasteiger partial charge in [0.1, 0.15) is 0 Å². The van der Waals surface area contributed by atoms with Crippen molar-refractivity contribution in [1.82, 2.24) is 0 Å². The molecule has 0 amide bonds. The zero-order valence-electron chi connectivity index (χ0n) is 14.3. The van der Waals surface area contributed by atoms with Crippen LogP contribution in [-0.4, -0.2) is 19.1 Å². The molecule has 0 saturated heterocycles. The van der Waals surface area contributed by atoms with Gasteiger partial charge in [-0.25, -0.2) is 0 Å². The molecule has 3 aromatic carbocycles. The summed E-state index contributed by atoms with van der Waals surface area (Å²) in [6.45, 7) is 0. The topological polar surface area (TPSA) is 61.6 Å². The summed E-state index contributed by atoms with van der Waals surface area (Å²) in [7, 11) is 2.65. The summed E-state index contributed by atoms with van der Waals surface area (Å²) < 4.78 is 10.8. The molecule has 10 heteroatoms. The number of nitrogens with zero attached hydrogens (tertiary/aromatic N) is 1. The largest absolute Gasteiger partial charge is 0.492 e. The first kappa shape index (κ1) is 21.1. The average Bonchev–Trinajstić information content (AvgIpc) is 2.69. The number of hydrogen-bond donors (Lipinski definition) is 0. The van der Waals surface area contributed by atoms with Crippen molar-refractivity contribution in [2.24, 2.45) is 0 Å². The number of benzene rings is 3. The quantitative estimate of drug-likeness (QED) is 0.166. The third-order valence-electron chi connectivity index (χ3n) is 4.15. The predicted octanol–water partition coefficient (Wildman–Crippen LogP) is 7.70. The summed E-state index contributed by atoms with van der Waals surface area (Å²) in [5, 5.41) is 12.6. The van der Waals surface area contributed by atoms with Crippen LogP contribution in [0.25, 0.3) is 21.9 Å². The summed E-state index contributed by atoms with van der Waals surface area (Å²) in [4.78, 5) is 11.2. The molecule has 5 nitrogen and oxygen atoms in total. The molecule has 0 aromatic heterocycles. The number of ether oxygens (including phenoxy) is 2. The fraction of sp³-hybridized carbons (Fsp3) is 0.111. The monoisotopic (exact) mass is 479 g/mol. The Morgan fingerprint density at radius 2 is 1.21 bits per heavy atom. The molecule has 146 valence electrons. The molecule has 0 radical (unpaired) electrons. The van der Waals surface area contributed by atoms with Gasteiger partial charge in [-0.15, -0.1) is 0 Å². The van der Waals surface area contributed by atoms with Gasteiger partial charge in [-0.05, 0) is 6.07 Å². The Balaban J connectivity index is 2.65. The van der Waals surface area contributed by atoms with Gasteiger partial charge >= 0.3 is 5.69 Å². The van der Waals surface area contributed by atoms with Crippen molar-refractivity contribution in [1.29, 1.82) is 0 Å². The average molecular weight is 482 g/mol. The molecule has 0 fully saturated rings. The number of halogens is 5. The molecule has 0 saturated carbocycles. The Hall–Kier alpha value is -1.63. The van der Waals surface area contributed by atoms with Crippen molar-refractivity contribution < 1.29 is 14.4 Å². The van der Waals surface area contributed by atoms with E-state index in [2.05, 4.69) is 0 Å². The van der Waals surface area contributed by atoms with E-state index in [1.54, 1.807) is 24.3 Å². The Labute approximate surface area is 184 Å². The fourth-order valence-corrected chi connectivity index (χ4v) is 4.34. The van der Waals surface area contributed by atoms with Crippen LogP contribution in [0.15, 0.2) is 24.3 Å². The lowest BCUT2D eigenvalue weighted by Crippen LogP contribution is -2.01. The van der Waals surface area contributed by atoms with Crippen molar-refractivity contribution in [3.63, 3.8) is 0 Å². The lowest BCUT2D eigenvalue weighted by molar-refractivity contribution is -0.384. The summed E-state index contributed by atoms with van der Waals surface area (Å²) in [6, 6.07) is 6.63. The summed E-state index contributed by atoms with van der Waals surface area (Å²) in [6.07, 6.45) is 0. The van der Waals surface area contributed by atoms with Crippen LogP contribution in [0.5, 0.6) is 11.5 Å². The van der Waals surface area contributed by atoms with Crippen LogP contribution in [0, 0.1) is 10.1 Å². The number of rotatable bonds is 4. The van der Waals surface area contributed by atoms with Gasteiger partial charge in [0, 0.05) is 16.5 Å². The molecular formula is C18H10Cl5NO4. The first-order chi connectivity index (χ1) is 13.3. The maximum atomic E-state index is 11.8. The molecule has 0 spiro atoms. The van der Waals surface area contributed by atoms with E-state index in [-0.39, 0.29) is 47.9 Å². The lowest BCUT2D eigenvalue weighted by Gasteiger charge is -2.19. The molecule has 0 N–H and O–H groups in total. The van der Waals surface area contributed by atoms with Gasteiger partial charge < -0.3 is 9.47 Å². The maximum Gasteiger partial charge on any atom is 0.322 e. The SMILES string of the molecule is COc1c(OC)c([N+](=O)[O-])c2ccccc2c1-c1c(Cl)c(Cl)c(Cl)c(Cl)c1Cl. The van der Waals surface area contributed by atoms with Gasteiger partial charge in [-0.1, -0.05) is 76.2 Å². The first-order valence-electron chi connectivity index (χ1n) is 7.59. The zero-order chi connectivity index (χ0) is 20.7. The molecule has 0 aliphatic heterocycles. The van der Waals surface area contributed by atoms with Crippen molar-refractivity contribution in [2.45, 2.75) is 0 Å². The second-order valence-electron chi connectivity index (χ2n) is 5.54. The van der Waals surface area contributed by atoms with E-state index in [0.29, 0.717) is 16.3 Å². The van der Waals surface area contributed by atoms with Crippen molar-refractivity contribution >= 4 is 74.5 Å². The Morgan fingerprint density at radius 1 is 0.750 bits per heavy atom. The summed E-state index contributed by atoms with van der Waals surface area (Å²) in [5.74, 6) is -0.0262. The van der Waals surface area contributed by atoms with E-state index < -0.39 is 4.92 Å². The molecule has 0 aliphatic carbocycles. The fourth-order valence-electron chi connectivity index (χ4n) is 3.01. The van der Waals surface area contributed by atoms with E-state index in [1.807, 2.05) is 0 Å². The Morgan fingerprint density at radius 3 is 1.68 bits per heavy atom. The second-order valence-corrected chi connectivity index (χ2v) is 7.43. The maximum absolute atomic E-state index is 11.8. The standard InChI is InChI=1S/C18H10Cl5NO4/c1-27-17-9(10-11(19)13(21)15(23)14(22)12(10)20)7-5-3-4-6-8(7)16(24(25)26)18(17)28-2/h3-6H,1-2H3. The summed E-state index contributed by atoms with van der Waals surface area (Å²) >= 11 is 31.4. The minimum atomic E-state index is -0.543. The first-order valence-corrected chi connectivity index (χ1v) is 9.48. The minimum absolute atomic E-state index is 0.000711. The van der Waals surface area contributed by atoms with Crippen LogP contribution in [0.4, 0.5) is 5.69 Å². The number of hydrogen-bond acceptors (Lipinski definition) is 4. The van der Waals surface area contributed by atoms with E-state index in [1.165, 1.54) is 14.2 Å². The third-order valence-corrected chi connectivity index (χ3v) is 6.43. The number of nitro benzene ring substituents is 1. The van der Waals surface area contributed by atoms with Crippen LogP contribution in [0.3, 0.4) is 0 Å². The van der Waals surface area contributed by atoms with E-state index in [4.69, 9.17) is 67.5 Å². The highest BCUT2D eigenvalue weighted by Gasteiger charge is 2.32. The molecule has 0 atom stereocenters. The molecular weight excluding hydrogens is 471 g/mol. The molecule has 3 aromatic rings. The molecule has 0 unspecified atom stereocenters. The van der Waals surface area contributed by atoms with Gasteiger partial charge in [-0.2, -0.15) is 0 Å². The Bertz CT molecular complexity index is 1100. The molecule has 0 bridgehead atoms. The highest BCUT2D eigenvalue weighted by atomic mass is 35.5. The number of fused-ring (bicyclic) bond motifs is 1. The molecule has 0 aliphatic rings. The van der Waals surface area contributed by atoms with E-state index in [0.717, 1.165) is 0 Å². The van der Waals surface area contributed by atoms with E-state index in [9.17, 15) is 10.1 Å². The number of methoxy groups -OCH3 is 2. The minimum Gasteiger partial charge on any atom is -0.492 e. The third kappa shape index (κ3) is 3.11. The predicted molar refractivity (Wildman–Crippen MR) is 114 cm³/mol. The molecule has 3 rings (SSSR count). The van der Waals surface area contributed by atoms with Crippen molar-refractivity contribution in [3.8, 4) is 22.6 Å². The van der Waals surface area contributed by atoms with Crippen LogP contribution < -0.4 is 9.47 Å². The van der Waals surface area contributed by atoms with Crippen LogP contribution >= 0.6 is 58.0 Å². The van der Waals surface area contributed by atoms with Gasteiger partial charge in [0.25, 0.3) is 0 Å². The van der Waals surface area contributed by atoms with Gasteiger partial charge in [0.15, 0.2) is 5.75 Å². The highest BCUT2D eigenvalue weighted by Crippen LogP contribution is 2.56.